The van der Waals surface area contributed by atoms with Crippen LogP contribution in [0.1, 0.15) is 28.9 Å². The Labute approximate surface area is 141 Å². The molecule has 3 atom stereocenters. The van der Waals surface area contributed by atoms with Crippen molar-refractivity contribution in [1.82, 2.24) is 0 Å². The molecular weight excluding hydrogens is 296 g/mol. The van der Waals surface area contributed by atoms with Crippen LogP contribution in [0.4, 0.5) is 0 Å². The van der Waals surface area contributed by atoms with Crippen molar-refractivity contribution in [1.29, 1.82) is 0 Å². The molecule has 0 radical (unpaired) electrons. The SMILES string of the molecule is c1ccc([C@H]2Oc3ccccc3[C@H]3Oc4ccccc4C[C@@H]23)cc1. The maximum Gasteiger partial charge on any atom is 0.134 e. The van der Waals surface area contributed by atoms with Crippen molar-refractivity contribution in [3.8, 4) is 11.5 Å². The summed E-state index contributed by atoms with van der Waals surface area (Å²) in [6, 6.07) is 27.1. The quantitative estimate of drug-likeness (QED) is 0.621. The fourth-order valence-corrected chi connectivity index (χ4v) is 3.94. The van der Waals surface area contributed by atoms with E-state index < -0.39 is 0 Å². The minimum absolute atomic E-state index is 0.0134. The summed E-state index contributed by atoms with van der Waals surface area (Å²) in [5.41, 5.74) is 3.64. The Morgan fingerprint density at radius 1 is 0.625 bits per heavy atom. The molecule has 0 unspecified atom stereocenters. The van der Waals surface area contributed by atoms with Gasteiger partial charge in [0.05, 0.1) is 0 Å². The number of benzene rings is 3. The average molecular weight is 314 g/mol. The molecule has 0 fully saturated rings. The summed E-state index contributed by atoms with van der Waals surface area (Å²) in [5, 5.41) is 0. The smallest absolute Gasteiger partial charge is 0.134 e. The highest BCUT2D eigenvalue weighted by Gasteiger charge is 2.43. The number of hydrogen-bond donors (Lipinski definition) is 0. The van der Waals surface area contributed by atoms with Crippen LogP contribution in [-0.2, 0) is 6.42 Å². The summed E-state index contributed by atoms with van der Waals surface area (Å²) in [6.07, 6.45) is 1.02. The number of rotatable bonds is 1. The van der Waals surface area contributed by atoms with E-state index in [1.165, 1.54) is 11.1 Å². The van der Waals surface area contributed by atoms with Crippen molar-refractivity contribution in [2.24, 2.45) is 5.92 Å². The van der Waals surface area contributed by atoms with Crippen LogP contribution in [0.25, 0.3) is 0 Å². The predicted octanol–water partition coefficient (Wildman–Crippen LogP) is 5.11. The summed E-state index contributed by atoms with van der Waals surface area (Å²) in [4.78, 5) is 0. The Balaban J connectivity index is 1.65. The molecule has 0 spiro atoms. The normalized spacial score (nSPS) is 23.9. The van der Waals surface area contributed by atoms with E-state index in [0.29, 0.717) is 0 Å². The fourth-order valence-electron chi connectivity index (χ4n) is 3.94. The molecule has 2 aliphatic rings. The van der Waals surface area contributed by atoms with Crippen molar-refractivity contribution in [3.05, 3.63) is 95.6 Å². The van der Waals surface area contributed by atoms with Crippen molar-refractivity contribution in [2.75, 3.05) is 0 Å². The molecule has 0 bridgehead atoms. The van der Waals surface area contributed by atoms with Crippen molar-refractivity contribution >= 4 is 0 Å². The van der Waals surface area contributed by atoms with Gasteiger partial charge in [-0.15, -0.1) is 0 Å². The second-order valence-corrected chi connectivity index (χ2v) is 6.50. The molecule has 0 amide bonds. The Bertz CT molecular complexity index is 872. The van der Waals surface area contributed by atoms with Gasteiger partial charge >= 0.3 is 0 Å². The van der Waals surface area contributed by atoms with Crippen LogP contribution in [0.5, 0.6) is 11.5 Å². The summed E-state index contributed by atoms with van der Waals surface area (Å²) in [7, 11) is 0. The molecule has 2 heterocycles. The Hall–Kier alpha value is -2.74. The zero-order valence-corrected chi connectivity index (χ0v) is 13.3. The van der Waals surface area contributed by atoms with E-state index in [9.17, 15) is 0 Å². The Kier molecular flexibility index (Phi) is 3.08. The van der Waals surface area contributed by atoms with Gasteiger partial charge in [-0.3, -0.25) is 0 Å². The number of hydrogen-bond acceptors (Lipinski definition) is 2. The lowest BCUT2D eigenvalue weighted by Crippen LogP contribution is -2.36. The zero-order chi connectivity index (χ0) is 15.9. The molecule has 118 valence electrons. The van der Waals surface area contributed by atoms with Crippen LogP contribution in [0.3, 0.4) is 0 Å². The van der Waals surface area contributed by atoms with Crippen LogP contribution in [0, 0.1) is 5.92 Å². The molecule has 24 heavy (non-hydrogen) atoms. The van der Waals surface area contributed by atoms with Crippen molar-refractivity contribution < 1.29 is 9.47 Å². The molecule has 3 aromatic carbocycles. The predicted molar refractivity (Wildman–Crippen MR) is 93.3 cm³/mol. The maximum atomic E-state index is 6.43. The minimum atomic E-state index is 0.0134. The molecular formula is C22H18O2. The van der Waals surface area contributed by atoms with Crippen molar-refractivity contribution in [3.63, 3.8) is 0 Å². The third kappa shape index (κ3) is 2.10. The highest BCUT2D eigenvalue weighted by atomic mass is 16.5. The van der Waals surface area contributed by atoms with E-state index in [2.05, 4.69) is 54.6 Å². The maximum absolute atomic E-state index is 6.43. The lowest BCUT2D eigenvalue weighted by Gasteiger charge is -2.42. The van der Waals surface area contributed by atoms with E-state index in [0.717, 1.165) is 23.5 Å². The van der Waals surface area contributed by atoms with Gasteiger partial charge in [-0.05, 0) is 29.7 Å². The van der Waals surface area contributed by atoms with E-state index in [1.807, 2.05) is 24.3 Å². The Morgan fingerprint density at radius 3 is 2.17 bits per heavy atom. The molecule has 0 N–H and O–H groups in total. The highest BCUT2D eigenvalue weighted by molar-refractivity contribution is 5.44. The van der Waals surface area contributed by atoms with E-state index >= 15 is 0 Å². The van der Waals surface area contributed by atoms with Gasteiger partial charge in [-0.25, -0.2) is 0 Å². The summed E-state index contributed by atoms with van der Waals surface area (Å²) in [5.74, 6) is 2.21. The third-order valence-electron chi connectivity index (χ3n) is 5.07. The van der Waals surface area contributed by atoms with Gasteiger partial charge < -0.3 is 9.47 Å². The van der Waals surface area contributed by atoms with Gasteiger partial charge in [0.2, 0.25) is 0 Å². The molecule has 0 aromatic heterocycles. The topological polar surface area (TPSA) is 18.5 Å². The molecule has 5 rings (SSSR count). The van der Waals surface area contributed by atoms with Gasteiger partial charge in [0.25, 0.3) is 0 Å². The van der Waals surface area contributed by atoms with Crippen LogP contribution in [0.2, 0.25) is 0 Å². The van der Waals surface area contributed by atoms with E-state index in [1.54, 1.807) is 0 Å². The lowest BCUT2D eigenvalue weighted by atomic mass is 9.79. The number of para-hydroxylation sites is 2. The zero-order valence-electron chi connectivity index (χ0n) is 13.3. The molecule has 0 aliphatic carbocycles. The van der Waals surface area contributed by atoms with Gasteiger partial charge in [0, 0.05) is 11.5 Å². The standard InChI is InChI=1S/C22H18O2/c1-2-8-15(9-3-1)21-18-14-16-10-4-6-12-19(16)23-22(18)17-11-5-7-13-20(17)24-21/h1-13,18,21-22H,14H2/t18-,21+,22+/m0/s1. The first-order valence-electron chi connectivity index (χ1n) is 8.45. The lowest BCUT2D eigenvalue weighted by molar-refractivity contribution is 0.000386. The summed E-state index contributed by atoms with van der Waals surface area (Å²) >= 11 is 0. The first-order chi connectivity index (χ1) is 11.9. The molecule has 2 nitrogen and oxygen atoms in total. The second-order valence-electron chi connectivity index (χ2n) is 6.50. The Morgan fingerprint density at radius 2 is 1.29 bits per heavy atom. The fraction of sp³-hybridized carbons (Fsp3) is 0.182. The second kappa shape index (κ2) is 5.41. The van der Waals surface area contributed by atoms with E-state index in [-0.39, 0.29) is 18.1 Å². The van der Waals surface area contributed by atoms with Crippen LogP contribution in [0.15, 0.2) is 78.9 Å². The molecule has 0 saturated carbocycles. The van der Waals surface area contributed by atoms with Crippen LogP contribution in [-0.4, -0.2) is 0 Å². The first kappa shape index (κ1) is 13.7. The van der Waals surface area contributed by atoms with Crippen molar-refractivity contribution in [2.45, 2.75) is 18.6 Å². The molecule has 0 saturated heterocycles. The summed E-state index contributed by atoms with van der Waals surface area (Å²) < 4.78 is 12.9. The monoisotopic (exact) mass is 314 g/mol. The van der Waals surface area contributed by atoms with Gasteiger partial charge in [0.15, 0.2) is 0 Å². The third-order valence-corrected chi connectivity index (χ3v) is 5.07. The van der Waals surface area contributed by atoms with Crippen LogP contribution < -0.4 is 9.47 Å². The van der Waals surface area contributed by atoms with Gasteiger partial charge in [-0.1, -0.05) is 66.7 Å². The number of fused-ring (bicyclic) bond motifs is 4. The first-order valence-corrected chi connectivity index (χ1v) is 8.45. The van der Waals surface area contributed by atoms with Gasteiger partial charge in [-0.2, -0.15) is 0 Å². The molecule has 3 aromatic rings. The van der Waals surface area contributed by atoms with Crippen LogP contribution >= 0.6 is 0 Å². The number of ether oxygens (including phenoxy) is 2. The largest absolute Gasteiger partial charge is 0.485 e. The average Bonchev–Trinajstić information content (AvgIpc) is 2.66. The molecule has 2 heteroatoms. The molecule has 2 aliphatic heterocycles. The van der Waals surface area contributed by atoms with Gasteiger partial charge in [0.1, 0.15) is 23.7 Å². The van der Waals surface area contributed by atoms with E-state index in [4.69, 9.17) is 9.47 Å². The summed E-state index contributed by atoms with van der Waals surface area (Å²) in [6.45, 7) is 0. The highest BCUT2D eigenvalue weighted by Crippen LogP contribution is 2.51. The minimum Gasteiger partial charge on any atom is -0.485 e.